The quantitative estimate of drug-likeness (QED) is 0.731. The van der Waals surface area contributed by atoms with Crippen molar-refractivity contribution in [3.63, 3.8) is 0 Å². The predicted octanol–water partition coefficient (Wildman–Crippen LogP) is 3.89. The summed E-state index contributed by atoms with van der Waals surface area (Å²) >= 11 is 0. The van der Waals surface area contributed by atoms with Crippen LogP contribution in [0.4, 0.5) is 5.69 Å². The molecule has 2 aromatic rings. The Bertz CT molecular complexity index is 956. The number of benzene rings is 1. The third kappa shape index (κ3) is 4.98. The van der Waals surface area contributed by atoms with Crippen LogP contribution in [0.5, 0.6) is 11.5 Å². The van der Waals surface area contributed by atoms with Gasteiger partial charge in [-0.1, -0.05) is 6.07 Å². The molecule has 164 valence electrons. The van der Waals surface area contributed by atoms with E-state index in [0.717, 1.165) is 35.5 Å². The fourth-order valence-electron chi connectivity index (χ4n) is 4.44. The molecule has 1 saturated heterocycles. The first kappa shape index (κ1) is 21.2. The van der Waals surface area contributed by atoms with Crippen LogP contribution in [0.2, 0.25) is 0 Å². The summed E-state index contributed by atoms with van der Waals surface area (Å²) in [4.78, 5) is 30.1. The molecule has 4 rings (SSSR count). The first-order valence-electron chi connectivity index (χ1n) is 10.9. The van der Waals surface area contributed by atoms with Gasteiger partial charge in [0.1, 0.15) is 0 Å². The van der Waals surface area contributed by atoms with Crippen LogP contribution in [0.25, 0.3) is 0 Å². The minimum absolute atomic E-state index is 0.0930. The molecule has 1 unspecified atom stereocenters. The molecule has 2 aliphatic rings. The van der Waals surface area contributed by atoms with Crippen molar-refractivity contribution >= 4 is 17.5 Å². The average molecular weight is 424 g/mol. The Labute approximate surface area is 182 Å². The van der Waals surface area contributed by atoms with Gasteiger partial charge in [0.25, 0.3) is 0 Å². The molecule has 1 aliphatic carbocycles. The van der Waals surface area contributed by atoms with Crippen molar-refractivity contribution in [1.29, 1.82) is 0 Å². The van der Waals surface area contributed by atoms with Gasteiger partial charge in [-0.25, -0.2) is 0 Å². The molecule has 1 aromatic carbocycles. The number of hydrogen-bond acceptors (Lipinski definition) is 5. The molecule has 0 radical (unpaired) electrons. The molecule has 1 saturated carbocycles. The number of anilines is 1. The van der Waals surface area contributed by atoms with Gasteiger partial charge in [-0.3, -0.25) is 14.6 Å². The van der Waals surface area contributed by atoms with E-state index in [1.807, 2.05) is 29.2 Å². The predicted molar refractivity (Wildman–Crippen MR) is 117 cm³/mol. The SMILES string of the molecule is COc1ccc(C2CC(=O)N(Cc3ccncc3NC(C)=O)C2)cc1OC1CCCC1. The highest BCUT2D eigenvalue weighted by atomic mass is 16.5. The number of pyridine rings is 1. The zero-order valence-electron chi connectivity index (χ0n) is 18.1. The first-order valence-corrected chi connectivity index (χ1v) is 10.9. The zero-order chi connectivity index (χ0) is 21.8. The van der Waals surface area contributed by atoms with Crippen LogP contribution >= 0.6 is 0 Å². The van der Waals surface area contributed by atoms with E-state index in [9.17, 15) is 9.59 Å². The Morgan fingerprint density at radius 1 is 1.23 bits per heavy atom. The second-order valence-electron chi connectivity index (χ2n) is 8.32. The van der Waals surface area contributed by atoms with E-state index in [1.54, 1.807) is 19.5 Å². The van der Waals surface area contributed by atoms with Gasteiger partial charge in [-0.2, -0.15) is 0 Å². The summed E-state index contributed by atoms with van der Waals surface area (Å²) in [6.45, 7) is 2.52. The molecule has 1 aliphatic heterocycles. The van der Waals surface area contributed by atoms with E-state index in [1.165, 1.54) is 19.8 Å². The lowest BCUT2D eigenvalue weighted by molar-refractivity contribution is -0.128. The number of nitrogens with one attached hydrogen (secondary N) is 1. The standard InChI is InChI=1S/C24H29N3O4/c1-16(28)26-21-13-25-10-9-18(21)14-27-15-19(12-24(27)29)17-7-8-22(30-2)23(11-17)31-20-5-3-4-6-20/h7-11,13,19-20H,3-6,12,14-15H2,1-2H3,(H,26,28). The Balaban J connectivity index is 1.48. The Hall–Kier alpha value is -3.09. The molecular formula is C24H29N3O4. The fraction of sp³-hybridized carbons (Fsp3) is 0.458. The molecule has 1 atom stereocenters. The second kappa shape index (κ2) is 9.37. The van der Waals surface area contributed by atoms with E-state index >= 15 is 0 Å². The highest BCUT2D eigenvalue weighted by molar-refractivity contribution is 5.89. The Morgan fingerprint density at radius 3 is 2.77 bits per heavy atom. The van der Waals surface area contributed by atoms with Crippen LogP contribution in [0.3, 0.4) is 0 Å². The molecule has 7 nitrogen and oxygen atoms in total. The lowest BCUT2D eigenvalue weighted by Gasteiger charge is -2.20. The van der Waals surface area contributed by atoms with Crippen molar-refractivity contribution in [3.05, 3.63) is 47.8 Å². The van der Waals surface area contributed by atoms with Crippen LogP contribution < -0.4 is 14.8 Å². The molecule has 2 heterocycles. The van der Waals surface area contributed by atoms with Crippen molar-refractivity contribution in [3.8, 4) is 11.5 Å². The number of hydrogen-bond donors (Lipinski definition) is 1. The first-order chi connectivity index (χ1) is 15.0. The van der Waals surface area contributed by atoms with Gasteiger partial charge < -0.3 is 19.7 Å². The third-order valence-electron chi connectivity index (χ3n) is 6.05. The highest BCUT2D eigenvalue weighted by Crippen LogP contribution is 2.37. The van der Waals surface area contributed by atoms with Crippen molar-refractivity contribution in [2.24, 2.45) is 0 Å². The van der Waals surface area contributed by atoms with E-state index in [-0.39, 0.29) is 23.8 Å². The van der Waals surface area contributed by atoms with Gasteiger partial charge in [-0.15, -0.1) is 0 Å². The van der Waals surface area contributed by atoms with E-state index in [0.29, 0.717) is 25.2 Å². The minimum atomic E-state index is -0.159. The Morgan fingerprint density at radius 2 is 2.03 bits per heavy atom. The maximum atomic E-state index is 12.7. The second-order valence-corrected chi connectivity index (χ2v) is 8.32. The molecule has 0 spiro atoms. The van der Waals surface area contributed by atoms with E-state index < -0.39 is 0 Å². The third-order valence-corrected chi connectivity index (χ3v) is 6.05. The smallest absolute Gasteiger partial charge is 0.223 e. The number of aromatic nitrogens is 1. The maximum Gasteiger partial charge on any atom is 0.223 e. The van der Waals surface area contributed by atoms with Gasteiger partial charge in [0.15, 0.2) is 11.5 Å². The lowest BCUT2D eigenvalue weighted by Crippen LogP contribution is -2.25. The maximum absolute atomic E-state index is 12.7. The number of amides is 2. The normalized spacial score (nSPS) is 19.0. The van der Waals surface area contributed by atoms with Crippen molar-refractivity contribution in [2.75, 3.05) is 19.0 Å². The van der Waals surface area contributed by atoms with E-state index in [2.05, 4.69) is 10.3 Å². The molecule has 1 aromatic heterocycles. The van der Waals surface area contributed by atoms with Crippen LogP contribution in [-0.2, 0) is 16.1 Å². The average Bonchev–Trinajstić information content (AvgIpc) is 3.39. The molecule has 1 N–H and O–H groups in total. The molecular weight excluding hydrogens is 394 g/mol. The van der Waals surface area contributed by atoms with Gasteiger partial charge in [0.2, 0.25) is 11.8 Å². The topological polar surface area (TPSA) is 80.8 Å². The number of carbonyl (C=O) groups excluding carboxylic acids is 2. The highest BCUT2D eigenvalue weighted by Gasteiger charge is 2.32. The largest absolute Gasteiger partial charge is 0.493 e. The summed E-state index contributed by atoms with van der Waals surface area (Å²) in [6, 6.07) is 7.84. The number of carbonyl (C=O) groups is 2. The molecule has 7 heteroatoms. The van der Waals surface area contributed by atoms with Crippen LogP contribution in [0.15, 0.2) is 36.7 Å². The zero-order valence-corrected chi connectivity index (χ0v) is 18.1. The number of ether oxygens (including phenoxy) is 2. The minimum Gasteiger partial charge on any atom is -0.493 e. The van der Waals surface area contributed by atoms with Gasteiger partial charge in [0, 0.05) is 38.5 Å². The number of methoxy groups -OCH3 is 1. The molecule has 2 fully saturated rings. The van der Waals surface area contributed by atoms with Gasteiger partial charge in [-0.05, 0) is 55.0 Å². The van der Waals surface area contributed by atoms with Crippen LogP contribution in [-0.4, -0.2) is 41.5 Å². The summed E-state index contributed by atoms with van der Waals surface area (Å²) in [7, 11) is 1.65. The number of nitrogens with zero attached hydrogens (tertiary/aromatic N) is 2. The van der Waals surface area contributed by atoms with Crippen molar-refractivity contribution in [2.45, 2.75) is 57.6 Å². The van der Waals surface area contributed by atoms with Crippen molar-refractivity contribution < 1.29 is 19.1 Å². The monoisotopic (exact) mass is 423 g/mol. The lowest BCUT2D eigenvalue weighted by atomic mass is 9.98. The Kier molecular flexibility index (Phi) is 6.39. The summed E-state index contributed by atoms with van der Waals surface area (Å²) in [5.74, 6) is 1.53. The van der Waals surface area contributed by atoms with Gasteiger partial charge >= 0.3 is 0 Å². The fourth-order valence-corrected chi connectivity index (χ4v) is 4.44. The van der Waals surface area contributed by atoms with Crippen LogP contribution in [0.1, 0.15) is 56.1 Å². The molecule has 2 amide bonds. The molecule has 31 heavy (non-hydrogen) atoms. The summed E-state index contributed by atoms with van der Waals surface area (Å²) < 4.78 is 11.7. The van der Waals surface area contributed by atoms with Crippen molar-refractivity contribution in [1.82, 2.24) is 9.88 Å². The number of rotatable bonds is 7. The molecule has 0 bridgehead atoms. The number of likely N-dealkylation sites (tertiary alicyclic amines) is 1. The van der Waals surface area contributed by atoms with Gasteiger partial charge in [0.05, 0.1) is 25.1 Å². The summed E-state index contributed by atoms with van der Waals surface area (Å²) in [5, 5.41) is 2.79. The van der Waals surface area contributed by atoms with E-state index in [4.69, 9.17) is 9.47 Å². The van der Waals surface area contributed by atoms with Crippen LogP contribution in [0, 0.1) is 0 Å². The summed E-state index contributed by atoms with van der Waals surface area (Å²) in [5.41, 5.74) is 2.60. The summed E-state index contributed by atoms with van der Waals surface area (Å²) in [6.07, 6.45) is 8.54.